The Bertz CT molecular complexity index is 1620. The lowest BCUT2D eigenvalue weighted by Gasteiger charge is -2.13. The minimum atomic E-state index is -0.811. The van der Waals surface area contributed by atoms with E-state index in [1.807, 2.05) is 0 Å². The molecule has 0 unspecified atom stereocenters. The summed E-state index contributed by atoms with van der Waals surface area (Å²) < 4.78 is 6.45. The second-order valence-electron chi connectivity index (χ2n) is 9.73. The van der Waals surface area contributed by atoms with Crippen LogP contribution in [0.4, 0.5) is 0 Å². The molecule has 0 radical (unpaired) electrons. The molecule has 3 atom stereocenters. The summed E-state index contributed by atoms with van der Waals surface area (Å²) in [6.45, 7) is 4.20. The Morgan fingerprint density at radius 3 is 2.18 bits per heavy atom. The molecule has 0 amide bonds. The highest BCUT2D eigenvalue weighted by Crippen LogP contribution is 2.36. The van der Waals surface area contributed by atoms with Gasteiger partial charge >= 0.3 is 5.69 Å². The molecule has 1 aromatic heterocycles. The molecule has 4 N–H and O–H groups in total. The quantitative estimate of drug-likeness (QED) is 0.248. The molecule has 2 heterocycles. The number of ether oxygens (including phenoxy) is 1. The number of aliphatic hydroxyl groups excluding tert-OH is 3. The first-order chi connectivity index (χ1) is 18.9. The minimum Gasteiger partial charge on any atom is -0.394 e. The van der Waals surface area contributed by atoms with E-state index in [4.69, 9.17) is 9.84 Å². The van der Waals surface area contributed by atoms with E-state index < -0.39 is 29.7 Å². The lowest BCUT2D eigenvalue weighted by Crippen LogP contribution is -2.31. The molecule has 8 heteroatoms. The van der Waals surface area contributed by atoms with Crippen LogP contribution in [-0.2, 0) is 11.3 Å². The largest absolute Gasteiger partial charge is 0.394 e. The number of aromatic amines is 1. The third-order valence-corrected chi connectivity index (χ3v) is 7.02. The van der Waals surface area contributed by atoms with Crippen molar-refractivity contribution in [1.29, 1.82) is 0 Å². The number of aliphatic hydroxyl groups is 3. The third kappa shape index (κ3) is 6.20. The summed E-state index contributed by atoms with van der Waals surface area (Å²) >= 11 is 0. The lowest BCUT2D eigenvalue weighted by molar-refractivity contribution is -0.0459. The summed E-state index contributed by atoms with van der Waals surface area (Å²) in [5, 5.41) is 35.4. The Hall–Kier alpha value is -3.56. The van der Waals surface area contributed by atoms with E-state index >= 15 is 0 Å². The number of hydrogen-bond donors (Lipinski definition) is 4. The van der Waals surface area contributed by atoms with Crippen molar-refractivity contribution in [3.63, 3.8) is 0 Å². The minimum absolute atomic E-state index is 0.0871. The van der Waals surface area contributed by atoms with Gasteiger partial charge in [-0.1, -0.05) is 81.6 Å². The van der Waals surface area contributed by atoms with Crippen molar-refractivity contribution in [2.24, 2.45) is 0 Å². The maximum atomic E-state index is 11.4. The second kappa shape index (κ2) is 13.0. The second-order valence-corrected chi connectivity index (χ2v) is 9.73. The predicted molar refractivity (Wildman–Crippen MR) is 154 cm³/mol. The molecule has 1 fully saturated rings. The van der Waals surface area contributed by atoms with Gasteiger partial charge < -0.3 is 20.1 Å². The SMILES string of the molecule is CCCCC.O=c1ccn([C@H]2C[C@H](O)[C@@H](CO)O2)c(=O)[nH]1.OCc1cc2cccc3ccc4cccc1c4c32. The van der Waals surface area contributed by atoms with Gasteiger partial charge in [-0.05, 0) is 43.9 Å². The van der Waals surface area contributed by atoms with E-state index in [2.05, 4.69) is 73.4 Å². The number of hydrogen-bond acceptors (Lipinski definition) is 6. The van der Waals surface area contributed by atoms with Crippen LogP contribution < -0.4 is 11.2 Å². The van der Waals surface area contributed by atoms with Gasteiger partial charge in [-0.2, -0.15) is 0 Å². The zero-order valence-corrected chi connectivity index (χ0v) is 22.3. The molecule has 8 nitrogen and oxygen atoms in total. The van der Waals surface area contributed by atoms with Crippen molar-refractivity contribution in [2.75, 3.05) is 6.61 Å². The van der Waals surface area contributed by atoms with Gasteiger partial charge in [0.1, 0.15) is 12.3 Å². The molecule has 39 heavy (non-hydrogen) atoms. The molecule has 206 valence electrons. The molecule has 0 bridgehead atoms. The summed E-state index contributed by atoms with van der Waals surface area (Å²) in [6.07, 6.45) is 3.43. The van der Waals surface area contributed by atoms with Gasteiger partial charge in [-0.15, -0.1) is 0 Å². The molecule has 1 aliphatic heterocycles. The number of nitrogens with zero attached hydrogens (tertiary/aromatic N) is 1. The van der Waals surface area contributed by atoms with Gasteiger partial charge in [0, 0.05) is 18.7 Å². The smallest absolute Gasteiger partial charge is 0.330 e. The molecular formula is C31H36N2O6. The van der Waals surface area contributed by atoms with Crippen LogP contribution in [0.1, 0.15) is 51.3 Å². The van der Waals surface area contributed by atoms with Crippen LogP contribution >= 0.6 is 0 Å². The average Bonchev–Trinajstić information content (AvgIpc) is 3.32. The monoisotopic (exact) mass is 532 g/mol. The lowest BCUT2D eigenvalue weighted by atomic mass is 9.91. The highest BCUT2D eigenvalue weighted by atomic mass is 16.5. The maximum absolute atomic E-state index is 11.4. The first-order valence-electron chi connectivity index (χ1n) is 13.4. The van der Waals surface area contributed by atoms with Crippen LogP contribution in [0.5, 0.6) is 0 Å². The average molecular weight is 533 g/mol. The van der Waals surface area contributed by atoms with Crippen molar-refractivity contribution in [3.05, 3.63) is 93.3 Å². The number of aromatic nitrogens is 2. The topological polar surface area (TPSA) is 125 Å². The van der Waals surface area contributed by atoms with Crippen LogP contribution in [0.2, 0.25) is 0 Å². The summed E-state index contributed by atoms with van der Waals surface area (Å²) in [6, 6.07) is 20.3. The first-order valence-corrected chi connectivity index (χ1v) is 13.4. The van der Waals surface area contributed by atoms with Gasteiger partial charge in [0.25, 0.3) is 5.56 Å². The van der Waals surface area contributed by atoms with E-state index in [1.54, 1.807) is 0 Å². The maximum Gasteiger partial charge on any atom is 0.330 e. The van der Waals surface area contributed by atoms with Gasteiger partial charge in [-0.3, -0.25) is 14.3 Å². The molecule has 1 saturated heterocycles. The van der Waals surface area contributed by atoms with Crippen molar-refractivity contribution in [3.8, 4) is 0 Å². The van der Waals surface area contributed by atoms with Gasteiger partial charge in [0.2, 0.25) is 0 Å². The number of unbranched alkanes of at least 4 members (excludes halogenated alkanes) is 2. The van der Waals surface area contributed by atoms with Crippen molar-refractivity contribution in [1.82, 2.24) is 9.55 Å². The Labute approximate surface area is 226 Å². The molecule has 1 aliphatic rings. The van der Waals surface area contributed by atoms with E-state index in [-0.39, 0.29) is 19.6 Å². The van der Waals surface area contributed by atoms with Gasteiger partial charge in [0.15, 0.2) is 0 Å². The van der Waals surface area contributed by atoms with Crippen LogP contribution in [0.25, 0.3) is 32.3 Å². The fourth-order valence-corrected chi connectivity index (χ4v) is 5.03. The normalized spacial score (nSPS) is 18.6. The summed E-state index contributed by atoms with van der Waals surface area (Å²) in [5.41, 5.74) is -0.0754. The molecular weight excluding hydrogens is 496 g/mol. The number of H-pyrrole nitrogens is 1. The highest BCUT2D eigenvalue weighted by Gasteiger charge is 2.34. The molecule has 6 rings (SSSR count). The Morgan fingerprint density at radius 2 is 1.59 bits per heavy atom. The number of benzene rings is 4. The molecule has 0 aliphatic carbocycles. The number of nitrogens with one attached hydrogen (secondary N) is 1. The van der Waals surface area contributed by atoms with E-state index in [1.165, 1.54) is 68.4 Å². The van der Waals surface area contributed by atoms with E-state index in [9.17, 15) is 19.8 Å². The summed E-state index contributed by atoms with van der Waals surface area (Å²) in [7, 11) is 0. The molecule has 0 spiro atoms. The Balaban J connectivity index is 0.000000156. The molecule has 0 saturated carbocycles. The van der Waals surface area contributed by atoms with Gasteiger partial charge in [-0.25, -0.2) is 4.79 Å². The molecule has 5 aromatic rings. The number of rotatable bonds is 5. The van der Waals surface area contributed by atoms with E-state index in [0.29, 0.717) is 0 Å². The fourth-order valence-electron chi connectivity index (χ4n) is 5.03. The highest BCUT2D eigenvalue weighted by molar-refractivity contribution is 6.23. The van der Waals surface area contributed by atoms with Crippen LogP contribution in [0.3, 0.4) is 0 Å². The van der Waals surface area contributed by atoms with Crippen LogP contribution in [0, 0.1) is 0 Å². The standard InChI is InChI=1S/C17H12O.C9H12N2O5.C5H12/c18-10-14-9-13-5-1-3-11-7-8-12-4-2-6-15(14)17(12)16(11)13;12-4-6-5(13)3-8(16-6)11-2-1-7(14)10-9(11)15;1-3-5-4-2/h1-9,18H,10H2;1-2,5-6,8,12-13H,3-4H2,(H,10,14,15);3-5H2,1-2H3/t;5-,6+,8+;/m.0./s1. The van der Waals surface area contributed by atoms with Crippen molar-refractivity contribution in [2.45, 2.75) is 64.6 Å². The molecule has 4 aromatic carbocycles. The third-order valence-electron chi connectivity index (χ3n) is 7.02. The van der Waals surface area contributed by atoms with Crippen LogP contribution in [0.15, 0.2) is 76.4 Å². The zero-order chi connectivity index (χ0) is 27.9. The summed E-state index contributed by atoms with van der Waals surface area (Å²) in [5.74, 6) is 0. The fraction of sp³-hybridized carbons (Fsp3) is 0.355. The van der Waals surface area contributed by atoms with Crippen molar-refractivity contribution >= 4 is 32.3 Å². The van der Waals surface area contributed by atoms with Gasteiger partial charge in [0.05, 0.1) is 19.3 Å². The first kappa shape index (κ1) is 28.4. The zero-order valence-electron chi connectivity index (χ0n) is 22.3. The predicted octanol–water partition coefficient (Wildman–Crippen LogP) is 4.45. The Morgan fingerprint density at radius 1 is 0.923 bits per heavy atom. The van der Waals surface area contributed by atoms with Crippen LogP contribution in [-0.4, -0.2) is 43.7 Å². The van der Waals surface area contributed by atoms with E-state index in [0.717, 1.165) is 5.56 Å². The van der Waals surface area contributed by atoms with Crippen molar-refractivity contribution < 1.29 is 20.1 Å². The summed E-state index contributed by atoms with van der Waals surface area (Å²) in [4.78, 5) is 24.3. The Kier molecular flexibility index (Phi) is 9.48.